The van der Waals surface area contributed by atoms with E-state index in [0.717, 1.165) is 22.0 Å². The molecule has 0 aliphatic carbocycles. The molecule has 1 N–H and O–H groups in total. The van der Waals surface area contributed by atoms with E-state index in [0.29, 0.717) is 22.6 Å². The third-order valence-electron chi connectivity index (χ3n) is 4.14. The van der Waals surface area contributed by atoms with Crippen LogP contribution < -0.4 is 10.6 Å². The van der Waals surface area contributed by atoms with Crippen LogP contribution in [0.1, 0.15) is 11.3 Å². The summed E-state index contributed by atoms with van der Waals surface area (Å²) < 4.78 is 1.72. The van der Waals surface area contributed by atoms with Crippen molar-refractivity contribution in [3.05, 3.63) is 70.7 Å². The molecular formula is C19H16N4O. The van der Waals surface area contributed by atoms with Gasteiger partial charge in [0, 0.05) is 29.9 Å². The summed E-state index contributed by atoms with van der Waals surface area (Å²) in [5.74, 6) is 0.242. The second-order valence-electron chi connectivity index (χ2n) is 5.82. The van der Waals surface area contributed by atoms with Crippen molar-refractivity contribution in [2.45, 2.75) is 13.3 Å². The van der Waals surface area contributed by atoms with Gasteiger partial charge in [0.1, 0.15) is 5.76 Å². The summed E-state index contributed by atoms with van der Waals surface area (Å²) in [6.07, 6.45) is 5.64. The fourth-order valence-corrected chi connectivity index (χ4v) is 3.00. The number of pyridine rings is 1. The summed E-state index contributed by atoms with van der Waals surface area (Å²) in [4.78, 5) is 8.56. The van der Waals surface area contributed by atoms with Crippen molar-refractivity contribution < 1.29 is 5.11 Å². The predicted molar refractivity (Wildman–Crippen MR) is 94.0 cm³/mol. The second kappa shape index (κ2) is 5.45. The number of aryl methyl sites for hydroxylation is 1. The van der Waals surface area contributed by atoms with Crippen LogP contribution in [0.2, 0.25) is 0 Å². The average Bonchev–Trinajstić information content (AvgIpc) is 2.99. The molecular weight excluding hydrogens is 300 g/mol. The van der Waals surface area contributed by atoms with E-state index in [-0.39, 0.29) is 5.76 Å². The summed E-state index contributed by atoms with van der Waals surface area (Å²) >= 11 is 0. The Morgan fingerprint density at radius 1 is 1.25 bits per heavy atom. The number of nitrogens with zero attached hydrogens (tertiary/aromatic N) is 4. The minimum absolute atomic E-state index is 0.242. The average molecular weight is 316 g/mol. The molecule has 0 amide bonds. The van der Waals surface area contributed by atoms with Gasteiger partial charge in [0.05, 0.1) is 16.8 Å². The van der Waals surface area contributed by atoms with E-state index in [1.54, 1.807) is 16.9 Å². The Labute approximate surface area is 138 Å². The Hall–Kier alpha value is -3.21. The van der Waals surface area contributed by atoms with Crippen molar-refractivity contribution in [2.24, 2.45) is 0 Å². The van der Waals surface area contributed by atoms with Crippen LogP contribution in [0.3, 0.4) is 0 Å². The van der Waals surface area contributed by atoms with E-state index >= 15 is 0 Å². The molecule has 0 atom stereocenters. The predicted octanol–water partition coefficient (Wildman–Crippen LogP) is 1.91. The third kappa shape index (κ3) is 2.31. The summed E-state index contributed by atoms with van der Waals surface area (Å²) in [7, 11) is 0. The SMILES string of the molecule is C=c1cc(C)n2ncc(=C(O)Cc3cccc4cnccc34)c2n1. The van der Waals surface area contributed by atoms with Crippen molar-refractivity contribution in [1.82, 2.24) is 19.6 Å². The molecule has 0 bridgehead atoms. The number of benzene rings is 1. The lowest BCUT2D eigenvalue weighted by Gasteiger charge is -2.05. The van der Waals surface area contributed by atoms with E-state index in [1.807, 2.05) is 43.5 Å². The zero-order valence-electron chi connectivity index (χ0n) is 13.3. The minimum atomic E-state index is 0.242. The molecule has 0 unspecified atom stereocenters. The van der Waals surface area contributed by atoms with E-state index < -0.39 is 0 Å². The molecule has 118 valence electrons. The standard InChI is InChI=1S/C19H16N4O/c1-12-8-13(2)23-19(22-12)17(11-21-23)18(24)9-14-4-3-5-15-10-20-7-6-16(14)15/h3-8,10-11,24H,1,9H2,2H3. The lowest BCUT2D eigenvalue weighted by molar-refractivity contribution is 0.487. The van der Waals surface area contributed by atoms with E-state index in [9.17, 15) is 5.11 Å². The van der Waals surface area contributed by atoms with Gasteiger partial charge in [-0.2, -0.15) is 5.10 Å². The Morgan fingerprint density at radius 2 is 2.12 bits per heavy atom. The Balaban J connectivity index is 1.91. The molecule has 4 aromatic rings. The Kier molecular flexibility index (Phi) is 3.27. The molecule has 0 aliphatic rings. The first-order valence-corrected chi connectivity index (χ1v) is 7.67. The van der Waals surface area contributed by atoms with E-state index in [1.165, 1.54) is 0 Å². The highest BCUT2D eigenvalue weighted by Gasteiger charge is 2.09. The number of aliphatic hydroxyl groups excluding tert-OH is 1. The number of aliphatic hydroxyl groups is 1. The van der Waals surface area contributed by atoms with Gasteiger partial charge in [-0.1, -0.05) is 24.8 Å². The number of hydrogen-bond donors (Lipinski definition) is 1. The van der Waals surface area contributed by atoms with Crippen LogP contribution in [-0.4, -0.2) is 24.7 Å². The maximum Gasteiger partial charge on any atom is 0.166 e. The monoisotopic (exact) mass is 316 g/mol. The van der Waals surface area contributed by atoms with Crippen LogP contribution in [0.4, 0.5) is 0 Å². The number of hydrogen-bond acceptors (Lipinski definition) is 4. The molecule has 0 aliphatic heterocycles. The largest absolute Gasteiger partial charge is 0.511 e. The first-order valence-electron chi connectivity index (χ1n) is 7.67. The molecule has 0 spiro atoms. The first kappa shape index (κ1) is 14.4. The first-order chi connectivity index (χ1) is 11.6. The quantitative estimate of drug-likeness (QED) is 0.613. The lowest BCUT2D eigenvalue weighted by Crippen LogP contribution is -2.15. The molecule has 3 aromatic heterocycles. The molecule has 0 saturated carbocycles. The van der Waals surface area contributed by atoms with Gasteiger partial charge in [-0.25, -0.2) is 9.50 Å². The van der Waals surface area contributed by atoms with E-state index in [4.69, 9.17) is 0 Å². The normalized spacial score (nSPS) is 12.7. The minimum Gasteiger partial charge on any atom is -0.511 e. The summed E-state index contributed by atoms with van der Waals surface area (Å²) in [5, 5.41) is 18.4. The van der Waals surface area contributed by atoms with Gasteiger partial charge < -0.3 is 5.11 Å². The number of fused-ring (bicyclic) bond motifs is 2. The van der Waals surface area contributed by atoms with Crippen molar-refractivity contribution in [2.75, 3.05) is 0 Å². The Bertz CT molecular complexity index is 1170. The molecule has 5 heteroatoms. The van der Waals surface area contributed by atoms with Crippen LogP contribution in [-0.2, 0) is 6.42 Å². The maximum atomic E-state index is 10.7. The lowest BCUT2D eigenvalue weighted by atomic mass is 10.0. The van der Waals surface area contributed by atoms with Crippen molar-refractivity contribution in [3.63, 3.8) is 0 Å². The fraction of sp³-hybridized carbons (Fsp3) is 0.105. The topological polar surface area (TPSA) is 63.3 Å². The van der Waals surface area contributed by atoms with Gasteiger partial charge in [-0.15, -0.1) is 0 Å². The van der Waals surface area contributed by atoms with Gasteiger partial charge in [0.2, 0.25) is 0 Å². The van der Waals surface area contributed by atoms with Crippen LogP contribution in [0.15, 0.2) is 48.9 Å². The molecule has 24 heavy (non-hydrogen) atoms. The molecule has 1 aromatic carbocycles. The fourth-order valence-electron chi connectivity index (χ4n) is 3.00. The van der Waals surface area contributed by atoms with Gasteiger partial charge in [0.15, 0.2) is 5.65 Å². The maximum absolute atomic E-state index is 10.7. The third-order valence-corrected chi connectivity index (χ3v) is 4.14. The van der Waals surface area contributed by atoms with Crippen LogP contribution in [0.5, 0.6) is 0 Å². The van der Waals surface area contributed by atoms with Crippen LogP contribution >= 0.6 is 0 Å². The summed E-state index contributed by atoms with van der Waals surface area (Å²) in [6, 6.07) is 9.82. The zero-order chi connectivity index (χ0) is 16.7. The highest BCUT2D eigenvalue weighted by atomic mass is 16.3. The Morgan fingerprint density at radius 3 is 3.00 bits per heavy atom. The van der Waals surface area contributed by atoms with Gasteiger partial charge >= 0.3 is 0 Å². The highest BCUT2D eigenvalue weighted by Crippen LogP contribution is 2.19. The van der Waals surface area contributed by atoms with Gasteiger partial charge in [-0.05, 0) is 30.0 Å². The summed E-state index contributed by atoms with van der Waals surface area (Å²) in [5.41, 5.74) is 2.59. The summed E-state index contributed by atoms with van der Waals surface area (Å²) in [6.45, 7) is 5.83. The number of rotatable bonds is 2. The van der Waals surface area contributed by atoms with Crippen LogP contribution in [0.25, 0.3) is 28.8 Å². The molecule has 4 rings (SSSR count). The van der Waals surface area contributed by atoms with Crippen molar-refractivity contribution >= 4 is 28.8 Å². The van der Waals surface area contributed by atoms with Crippen molar-refractivity contribution in [1.29, 1.82) is 0 Å². The molecule has 3 heterocycles. The van der Waals surface area contributed by atoms with Crippen molar-refractivity contribution in [3.8, 4) is 0 Å². The second-order valence-corrected chi connectivity index (χ2v) is 5.82. The van der Waals surface area contributed by atoms with E-state index in [2.05, 4.69) is 21.6 Å². The smallest absolute Gasteiger partial charge is 0.166 e. The molecule has 0 fully saturated rings. The highest BCUT2D eigenvalue weighted by molar-refractivity contribution is 5.85. The molecule has 5 nitrogen and oxygen atoms in total. The number of aromatic nitrogens is 4. The molecule has 0 saturated heterocycles. The van der Waals surface area contributed by atoms with Gasteiger partial charge in [-0.3, -0.25) is 4.98 Å². The van der Waals surface area contributed by atoms with Crippen LogP contribution in [0, 0.1) is 6.92 Å². The zero-order valence-corrected chi connectivity index (χ0v) is 13.3. The molecule has 0 radical (unpaired) electrons. The van der Waals surface area contributed by atoms with Gasteiger partial charge in [0.25, 0.3) is 0 Å².